The lowest BCUT2D eigenvalue weighted by atomic mass is 9.91. The van der Waals surface area contributed by atoms with Gasteiger partial charge in [0.15, 0.2) is 0 Å². The number of ether oxygens (including phenoxy) is 1. The molecule has 2 nitrogen and oxygen atoms in total. The predicted octanol–water partition coefficient (Wildman–Crippen LogP) is 4.87. The Balaban J connectivity index is 1.91. The number of halogens is 1. The highest BCUT2D eigenvalue weighted by molar-refractivity contribution is 5.65. The van der Waals surface area contributed by atoms with Gasteiger partial charge < -0.3 is 9.64 Å². The van der Waals surface area contributed by atoms with Crippen molar-refractivity contribution in [2.75, 3.05) is 18.6 Å². The van der Waals surface area contributed by atoms with Crippen molar-refractivity contribution in [1.29, 1.82) is 0 Å². The maximum absolute atomic E-state index is 13.0. The van der Waals surface area contributed by atoms with Crippen molar-refractivity contribution >= 4 is 11.4 Å². The number of anilines is 2. The van der Waals surface area contributed by atoms with E-state index in [9.17, 15) is 4.39 Å². The first-order chi connectivity index (χ1) is 10.2. The Kier molecular flexibility index (Phi) is 3.82. The van der Waals surface area contributed by atoms with Gasteiger partial charge in [-0.05, 0) is 54.7 Å². The summed E-state index contributed by atoms with van der Waals surface area (Å²) < 4.78 is 18.8. The fraction of sp³-hybridized carbons (Fsp3) is 0.333. The summed E-state index contributed by atoms with van der Waals surface area (Å²) in [5.74, 6) is 1.37. The molecule has 0 N–H and O–H groups in total. The highest BCUT2D eigenvalue weighted by Crippen LogP contribution is 2.38. The fourth-order valence-corrected chi connectivity index (χ4v) is 2.90. The van der Waals surface area contributed by atoms with Gasteiger partial charge in [-0.15, -0.1) is 0 Å². The van der Waals surface area contributed by atoms with Crippen LogP contribution in [0.4, 0.5) is 15.8 Å². The zero-order valence-electron chi connectivity index (χ0n) is 12.5. The molecular weight excluding hydrogens is 265 g/mol. The third-order valence-corrected chi connectivity index (χ3v) is 4.25. The topological polar surface area (TPSA) is 12.5 Å². The third kappa shape index (κ3) is 2.73. The average molecular weight is 285 g/mol. The zero-order valence-corrected chi connectivity index (χ0v) is 12.5. The van der Waals surface area contributed by atoms with Crippen LogP contribution in [0.25, 0.3) is 0 Å². The molecule has 0 aromatic heterocycles. The molecule has 1 atom stereocenters. The predicted molar refractivity (Wildman–Crippen MR) is 84.0 cm³/mol. The van der Waals surface area contributed by atoms with Crippen LogP contribution in [-0.4, -0.2) is 13.7 Å². The average Bonchev–Trinajstić information content (AvgIpc) is 2.53. The summed E-state index contributed by atoms with van der Waals surface area (Å²) in [6, 6.07) is 12.9. The molecule has 0 fully saturated rings. The highest BCUT2D eigenvalue weighted by Gasteiger charge is 2.20. The van der Waals surface area contributed by atoms with Crippen molar-refractivity contribution in [3.63, 3.8) is 0 Å². The van der Waals surface area contributed by atoms with Gasteiger partial charge in [0.2, 0.25) is 0 Å². The lowest BCUT2D eigenvalue weighted by molar-refractivity contribution is 0.265. The molecule has 0 bridgehead atoms. The van der Waals surface area contributed by atoms with E-state index in [2.05, 4.69) is 25.1 Å². The maximum Gasteiger partial charge on any atom is 0.124 e. The van der Waals surface area contributed by atoms with Crippen LogP contribution in [0.1, 0.15) is 31.2 Å². The van der Waals surface area contributed by atoms with Gasteiger partial charge in [-0.3, -0.25) is 0 Å². The van der Waals surface area contributed by atoms with E-state index in [1.807, 2.05) is 11.9 Å². The molecule has 1 heterocycles. The molecule has 21 heavy (non-hydrogen) atoms. The lowest BCUT2D eigenvalue weighted by Crippen LogP contribution is -2.15. The summed E-state index contributed by atoms with van der Waals surface area (Å²) >= 11 is 0. The van der Waals surface area contributed by atoms with E-state index in [0.29, 0.717) is 5.92 Å². The first-order valence-electron chi connectivity index (χ1n) is 7.45. The molecule has 1 aliphatic rings. The lowest BCUT2D eigenvalue weighted by Gasteiger charge is -2.27. The van der Waals surface area contributed by atoms with E-state index in [0.717, 1.165) is 36.6 Å². The monoisotopic (exact) mass is 285 g/mol. The molecule has 0 radical (unpaired) electrons. The van der Waals surface area contributed by atoms with E-state index in [-0.39, 0.29) is 5.82 Å². The SMILES string of the molecule is CC[C@@H]1CCOc2cc(N(C)c3ccc(F)cc3)ccc21. The molecule has 0 spiro atoms. The van der Waals surface area contributed by atoms with Gasteiger partial charge in [-0.1, -0.05) is 13.0 Å². The van der Waals surface area contributed by atoms with Crippen LogP contribution in [0.2, 0.25) is 0 Å². The minimum absolute atomic E-state index is 0.216. The van der Waals surface area contributed by atoms with Crippen molar-refractivity contribution < 1.29 is 9.13 Å². The van der Waals surface area contributed by atoms with E-state index >= 15 is 0 Å². The first kappa shape index (κ1) is 13.9. The minimum Gasteiger partial charge on any atom is -0.493 e. The van der Waals surface area contributed by atoms with Crippen molar-refractivity contribution in [3.8, 4) is 5.75 Å². The Bertz CT molecular complexity index is 624. The van der Waals surface area contributed by atoms with Gasteiger partial charge in [0.25, 0.3) is 0 Å². The molecule has 0 unspecified atom stereocenters. The summed E-state index contributed by atoms with van der Waals surface area (Å²) in [6.07, 6.45) is 2.24. The van der Waals surface area contributed by atoms with Crippen molar-refractivity contribution in [1.82, 2.24) is 0 Å². The first-order valence-corrected chi connectivity index (χ1v) is 7.45. The Labute approximate surface area is 125 Å². The van der Waals surface area contributed by atoms with E-state index in [1.165, 1.54) is 17.7 Å². The molecular formula is C18H20FNO. The molecule has 1 aliphatic heterocycles. The van der Waals surface area contributed by atoms with Gasteiger partial charge in [-0.2, -0.15) is 0 Å². The van der Waals surface area contributed by atoms with Crippen LogP contribution in [0.5, 0.6) is 5.75 Å². The molecule has 110 valence electrons. The second-order valence-electron chi connectivity index (χ2n) is 5.50. The van der Waals surface area contributed by atoms with Gasteiger partial charge in [-0.25, -0.2) is 4.39 Å². The second kappa shape index (κ2) is 5.76. The molecule has 0 saturated heterocycles. The zero-order chi connectivity index (χ0) is 14.8. The van der Waals surface area contributed by atoms with Crippen LogP contribution in [-0.2, 0) is 0 Å². The number of fused-ring (bicyclic) bond motifs is 1. The molecule has 2 aromatic rings. The summed E-state index contributed by atoms with van der Waals surface area (Å²) in [5.41, 5.74) is 3.32. The number of rotatable bonds is 3. The quantitative estimate of drug-likeness (QED) is 0.797. The van der Waals surface area contributed by atoms with Crippen molar-refractivity contribution in [3.05, 3.63) is 53.8 Å². The van der Waals surface area contributed by atoms with Crippen molar-refractivity contribution in [2.45, 2.75) is 25.7 Å². The Morgan fingerprint density at radius 3 is 2.57 bits per heavy atom. The molecule has 2 aromatic carbocycles. The van der Waals surface area contributed by atoms with Crippen LogP contribution in [0.3, 0.4) is 0 Å². The Morgan fingerprint density at radius 1 is 1.14 bits per heavy atom. The highest BCUT2D eigenvalue weighted by atomic mass is 19.1. The molecule has 0 amide bonds. The standard InChI is InChI=1S/C18H20FNO/c1-3-13-10-11-21-18-12-16(8-9-17(13)18)20(2)15-6-4-14(19)5-7-15/h4-9,12-13H,3,10-11H2,1-2H3/t13-/m1/s1. The van der Waals surface area contributed by atoms with Crippen LogP contribution >= 0.6 is 0 Å². The van der Waals surface area contributed by atoms with Gasteiger partial charge >= 0.3 is 0 Å². The van der Waals surface area contributed by atoms with E-state index in [4.69, 9.17) is 4.74 Å². The van der Waals surface area contributed by atoms with E-state index < -0.39 is 0 Å². The smallest absolute Gasteiger partial charge is 0.124 e. The third-order valence-electron chi connectivity index (χ3n) is 4.25. The summed E-state index contributed by atoms with van der Waals surface area (Å²) in [6.45, 7) is 3.01. The van der Waals surface area contributed by atoms with Crippen LogP contribution in [0.15, 0.2) is 42.5 Å². The van der Waals surface area contributed by atoms with Gasteiger partial charge in [0.1, 0.15) is 11.6 Å². The molecule has 3 rings (SSSR count). The van der Waals surface area contributed by atoms with Crippen LogP contribution < -0.4 is 9.64 Å². The number of nitrogens with zero attached hydrogens (tertiary/aromatic N) is 1. The molecule has 0 saturated carbocycles. The second-order valence-corrected chi connectivity index (χ2v) is 5.50. The number of benzene rings is 2. The summed E-state index contributed by atoms with van der Waals surface area (Å²) in [5, 5.41) is 0. The molecule has 0 aliphatic carbocycles. The largest absolute Gasteiger partial charge is 0.493 e. The molecule has 3 heteroatoms. The van der Waals surface area contributed by atoms with Crippen molar-refractivity contribution in [2.24, 2.45) is 0 Å². The van der Waals surface area contributed by atoms with Crippen LogP contribution in [0, 0.1) is 5.82 Å². The number of hydrogen-bond acceptors (Lipinski definition) is 2. The number of hydrogen-bond donors (Lipinski definition) is 0. The van der Waals surface area contributed by atoms with Gasteiger partial charge in [0.05, 0.1) is 6.61 Å². The Hall–Kier alpha value is -2.03. The van der Waals surface area contributed by atoms with E-state index in [1.54, 1.807) is 12.1 Å². The normalized spacial score (nSPS) is 17.0. The summed E-state index contributed by atoms with van der Waals surface area (Å²) in [7, 11) is 1.98. The minimum atomic E-state index is -0.216. The Morgan fingerprint density at radius 2 is 1.86 bits per heavy atom. The fourth-order valence-electron chi connectivity index (χ4n) is 2.90. The van der Waals surface area contributed by atoms with Gasteiger partial charge in [0, 0.05) is 24.5 Å². The maximum atomic E-state index is 13.0. The summed E-state index contributed by atoms with van der Waals surface area (Å²) in [4.78, 5) is 2.04.